The molecule has 108 valence electrons. The fourth-order valence-corrected chi connectivity index (χ4v) is 2.87. The fourth-order valence-electron chi connectivity index (χ4n) is 2.21. The van der Waals surface area contributed by atoms with Gasteiger partial charge in [-0.15, -0.1) is 11.3 Å². The lowest BCUT2D eigenvalue weighted by Gasteiger charge is -2.11. The van der Waals surface area contributed by atoms with Crippen molar-refractivity contribution < 1.29 is 4.79 Å². The summed E-state index contributed by atoms with van der Waals surface area (Å²) in [4.78, 5) is 16.7. The highest BCUT2D eigenvalue weighted by molar-refractivity contribution is 7.16. The molecule has 5 nitrogen and oxygen atoms in total. The van der Waals surface area contributed by atoms with Crippen molar-refractivity contribution in [3.05, 3.63) is 41.2 Å². The minimum absolute atomic E-state index is 0.139. The maximum absolute atomic E-state index is 12.4. The Hall–Kier alpha value is -2.21. The van der Waals surface area contributed by atoms with E-state index in [4.69, 9.17) is 0 Å². The molecule has 0 aliphatic heterocycles. The van der Waals surface area contributed by atoms with Crippen molar-refractivity contribution >= 4 is 33.1 Å². The quantitative estimate of drug-likeness (QED) is 0.803. The van der Waals surface area contributed by atoms with Crippen LogP contribution in [-0.4, -0.2) is 20.7 Å². The first-order valence-electron chi connectivity index (χ1n) is 6.75. The van der Waals surface area contributed by atoms with E-state index in [0.29, 0.717) is 5.69 Å². The normalized spacial score (nSPS) is 11.2. The van der Waals surface area contributed by atoms with Crippen molar-refractivity contribution in [1.82, 2.24) is 14.8 Å². The van der Waals surface area contributed by atoms with Gasteiger partial charge in [0.15, 0.2) is 0 Å². The second-order valence-corrected chi connectivity index (χ2v) is 6.08. The first-order valence-corrected chi connectivity index (χ1v) is 7.63. The van der Waals surface area contributed by atoms with Gasteiger partial charge in [0, 0.05) is 11.7 Å². The maximum atomic E-state index is 12.4. The van der Waals surface area contributed by atoms with E-state index < -0.39 is 0 Å². The number of aryl methyl sites for hydroxylation is 1. The Kier molecular flexibility index (Phi) is 3.47. The molecule has 3 aromatic rings. The lowest BCUT2D eigenvalue weighted by Crippen LogP contribution is -2.18. The Morgan fingerprint density at radius 3 is 2.90 bits per heavy atom. The van der Waals surface area contributed by atoms with Crippen LogP contribution in [0.25, 0.3) is 10.2 Å². The molecular formula is C15H16N4OS. The van der Waals surface area contributed by atoms with Crippen LogP contribution >= 0.6 is 11.3 Å². The van der Waals surface area contributed by atoms with Crippen molar-refractivity contribution in [1.29, 1.82) is 0 Å². The van der Waals surface area contributed by atoms with Crippen LogP contribution in [0.15, 0.2) is 29.8 Å². The lowest BCUT2D eigenvalue weighted by molar-refractivity contribution is 0.101. The van der Waals surface area contributed by atoms with Gasteiger partial charge < -0.3 is 5.32 Å². The number of carbonyl (C=O) groups excluding carboxylic acids is 1. The van der Waals surface area contributed by atoms with E-state index in [1.807, 2.05) is 39.0 Å². The molecule has 0 atom stereocenters. The summed E-state index contributed by atoms with van der Waals surface area (Å²) in [6, 6.07) is 7.68. The topological polar surface area (TPSA) is 59.8 Å². The number of anilines is 1. The molecule has 0 spiro atoms. The number of hydrogen-bond acceptors (Lipinski definition) is 4. The lowest BCUT2D eigenvalue weighted by atomic mass is 10.2. The molecule has 0 aliphatic rings. The van der Waals surface area contributed by atoms with Crippen molar-refractivity contribution in [3.8, 4) is 0 Å². The van der Waals surface area contributed by atoms with Crippen LogP contribution in [0, 0.1) is 6.92 Å². The maximum Gasteiger partial charge on any atom is 0.273 e. The van der Waals surface area contributed by atoms with Crippen LogP contribution < -0.4 is 5.32 Å². The molecule has 6 heteroatoms. The van der Waals surface area contributed by atoms with E-state index in [2.05, 4.69) is 15.4 Å². The van der Waals surface area contributed by atoms with Crippen LogP contribution in [0.3, 0.4) is 0 Å². The Balaban J connectivity index is 1.88. The third-order valence-corrected chi connectivity index (χ3v) is 3.98. The molecule has 2 aromatic heterocycles. The van der Waals surface area contributed by atoms with Crippen molar-refractivity contribution in [2.45, 2.75) is 26.8 Å². The second-order valence-electron chi connectivity index (χ2n) is 5.20. The molecule has 0 aliphatic carbocycles. The van der Waals surface area contributed by atoms with E-state index in [1.54, 1.807) is 27.6 Å². The van der Waals surface area contributed by atoms with E-state index in [1.165, 1.54) is 0 Å². The van der Waals surface area contributed by atoms with Gasteiger partial charge in [-0.1, -0.05) is 0 Å². The number of nitrogens with zero attached hydrogens (tertiary/aromatic N) is 3. The molecule has 3 rings (SSSR count). The third-order valence-electron chi connectivity index (χ3n) is 3.17. The zero-order valence-electron chi connectivity index (χ0n) is 12.1. The van der Waals surface area contributed by atoms with E-state index in [0.717, 1.165) is 21.6 Å². The summed E-state index contributed by atoms with van der Waals surface area (Å²) in [6.45, 7) is 5.89. The van der Waals surface area contributed by atoms with Gasteiger partial charge in [-0.05, 0) is 45.0 Å². The molecule has 1 aromatic carbocycles. The number of carbonyl (C=O) groups is 1. The van der Waals surface area contributed by atoms with Gasteiger partial charge in [-0.25, -0.2) is 4.98 Å². The largest absolute Gasteiger partial charge is 0.321 e. The van der Waals surface area contributed by atoms with Crippen LogP contribution in [-0.2, 0) is 0 Å². The molecule has 0 radical (unpaired) electrons. The van der Waals surface area contributed by atoms with Gasteiger partial charge in [0.1, 0.15) is 5.69 Å². The number of benzene rings is 1. The first-order chi connectivity index (χ1) is 10.0. The van der Waals surface area contributed by atoms with Gasteiger partial charge in [0.05, 0.1) is 21.4 Å². The highest BCUT2D eigenvalue weighted by Crippen LogP contribution is 2.22. The molecule has 0 fully saturated rings. The smallest absolute Gasteiger partial charge is 0.273 e. The average Bonchev–Trinajstić information content (AvgIpc) is 3.04. The van der Waals surface area contributed by atoms with Gasteiger partial charge in [-0.2, -0.15) is 5.10 Å². The van der Waals surface area contributed by atoms with Gasteiger partial charge in [0.2, 0.25) is 0 Å². The van der Waals surface area contributed by atoms with Crippen LogP contribution in [0.2, 0.25) is 0 Å². The Labute approximate surface area is 126 Å². The van der Waals surface area contributed by atoms with Crippen LogP contribution in [0.5, 0.6) is 0 Å². The fraction of sp³-hybridized carbons (Fsp3) is 0.267. The highest BCUT2D eigenvalue weighted by Gasteiger charge is 2.16. The second kappa shape index (κ2) is 5.29. The highest BCUT2D eigenvalue weighted by atomic mass is 32.1. The Morgan fingerprint density at radius 1 is 1.33 bits per heavy atom. The molecular weight excluding hydrogens is 284 g/mol. The van der Waals surface area contributed by atoms with Crippen molar-refractivity contribution in [2.24, 2.45) is 0 Å². The molecule has 1 N–H and O–H groups in total. The van der Waals surface area contributed by atoms with Crippen molar-refractivity contribution in [2.75, 3.05) is 5.32 Å². The monoisotopic (exact) mass is 300 g/mol. The number of nitrogens with one attached hydrogen (secondary N) is 1. The summed E-state index contributed by atoms with van der Waals surface area (Å²) < 4.78 is 2.85. The average molecular weight is 300 g/mol. The summed E-state index contributed by atoms with van der Waals surface area (Å²) in [5, 5.41) is 7.27. The van der Waals surface area contributed by atoms with E-state index in [9.17, 15) is 4.79 Å². The van der Waals surface area contributed by atoms with Gasteiger partial charge in [0.25, 0.3) is 5.91 Å². The standard InChI is InChI=1S/C15H16N4OS/c1-9(2)19-13(6-10(3)18-19)15(20)17-11-4-5-14-12(7-11)16-8-21-14/h4-9H,1-3H3,(H,17,20). The number of rotatable bonds is 3. The van der Waals surface area contributed by atoms with Gasteiger partial charge >= 0.3 is 0 Å². The summed E-state index contributed by atoms with van der Waals surface area (Å²) in [6.07, 6.45) is 0. The first kappa shape index (κ1) is 13.8. The molecule has 2 heterocycles. The molecule has 21 heavy (non-hydrogen) atoms. The zero-order chi connectivity index (χ0) is 15.0. The number of aromatic nitrogens is 3. The Bertz CT molecular complexity index is 803. The summed E-state index contributed by atoms with van der Waals surface area (Å²) in [7, 11) is 0. The molecule has 0 saturated heterocycles. The van der Waals surface area contributed by atoms with E-state index >= 15 is 0 Å². The SMILES string of the molecule is Cc1cc(C(=O)Nc2ccc3scnc3c2)n(C(C)C)n1. The molecule has 1 amide bonds. The van der Waals surface area contributed by atoms with Gasteiger partial charge in [-0.3, -0.25) is 9.48 Å². The predicted octanol–water partition coefficient (Wildman–Crippen LogP) is 3.63. The number of thiazole rings is 1. The third kappa shape index (κ3) is 2.67. The van der Waals surface area contributed by atoms with Crippen LogP contribution in [0.4, 0.5) is 5.69 Å². The number of fused-ring (bicyclic) bond motifs is 1. The molecule has 0 saturated carbocycles. The number of amides is 1. The molecule has 0 bridgehead atoms. The van der Waals surface area contributed by atoms with Crippen LogP contribution in [0.1, 0.15) is 36.1 Å². The predicted molar refractivity (Wildman–Crippen MR) is 84.9 cm³/mol. The van der Waals surface area contributed by atoms with Crippen molar-refractivity contribution in [3.63, 3.8) is 0 Å². The van der Waals surface area contributed by atoms with E-state index in [-0.39, 0.29) is 11.9 Å². The minimum Gasteiger partial charge on any atom is -0.321 e. The summed E-state index contributed by atoms with van der Waals surface area (Å²) in [5.74, 6) is -0.154. The number of hydrogen-bond donors (Lipinski definition) is 1. The molecule has 0 unspecified atom stereocenters. The minimum atomic E-state index is -0.154. The zero-order valence-corrected chi connectivity index (χ0v) is 12.9. The Morgan fingerprint density at radius 2 is 2.14 bits per heavy atom. The summed E-state index contributed by atoms with van der Waals surface area (Å²) in [5.41, 5.74) is 4.84. The summed E-state index contributed by atoms with van der Waals surface area (Å²) >= 11 is 1.58.